The molecule has 4 heteroatoms. The first-order chi connectivity index (χ1) is 12.5. The smallest absolute Gasteiger partial charge is 0.276 e. The summed E-state index contributed by atoms with van der Waals surface area (Å²) in [5, 5.41) is 14.5. The molecule has 3 N–H and O–H groups in total. The standard InChI is InChI=1S/C22H33N3O/c1-4-5-8-18-9-11-19(12-10-18)21(17(2)3)24-15-20(26)25-22(16-23)13-6-7-14-22/h9-12,17,21,24H,4-8,13-15H2,1-3H3,(H,25,26)/p+1/t21-/m1/s1. The van der Waals surface area contributed by atoms with Crippen molar-refractivity contribution in [2.45, 2.75) is 77.3 Å². The highest BCUT2D eigenvalue weighted by Crippen LogP contribution is 2.28. The summed E-state index contributed by atoms with van der Waals surface area (Å²) >= 11 is 0. The van der Waals surface area contributed by atoms with Crippen molar-refractivity contribution in [2.75, 3.05) is 6.54 Å². The summed E-state index contributed by atoms with van der Waals surface area (Å²) in [5.41, 5.74) is 2.02. The van der Waals surface area contributed by atoms with Crippen LogP contribution in [0.15, 0.2) is 24.3 Å². The van der Waals surface area contributed by atoms with Crippen LogP contribution in [0.5, 0.6) is 0 Å². The van der Waals surface area contributed by atoms with E-state index < -0.39 is 5.54 Å². The van der Waals surface area contributed by atoms with E-state index in [4.69, 9.17) is 0 Å². The number of amides is 1. The first kappa shape index (κ1) is 20.5. The number of rotatable bonds is 9. The quantitative estimate of drug-likeness (QED) is 0.713. The first-order valence-electron chi connectivity index (χ1n) is 10.1. The monoisotopic (exact) mass is 356 g/mol. The fourth-order valence-electron chi connectivity index (χ4n) is 3.88. The molecule has 1 aromatic carbocycles. The summed E-state index contributed by atoms with van der Waals surface area (Å²) in [6, 6.07) is 11.4. The van der Waals surface area contributed by atoms with Gasteiger partial charge in [-0.2, -0.15) is 5.26 Å². The molecule has 0 radical (unpaired) electrons. The molecule has 1 amide bonds. The maximum atomic E-state index is 12.4. The predicted molar refractivity (Wildman–Crippen MR) is 104 cm³/mol. The van der Waals surface area contributed by atoms with Crippen molar-refractivity contribution in [3.63, 3.8) is 0 Å². The van der Waals surface area contributed by atoms with Gasteiger partial charge in [0.2, 0.25) is 0 Å². The zero-order valence-corrected chi connectivity index (χ0v) is 16.6. The maximum Gasteiger partial charge on any atom is 0.276 e. The van der Waals surface area contributed by atoms with E-state index in [1.807, 2.05) is 0 Å². The van der Waals surface area contributed by atoms with Gasteiger partial charge < -0.3 is 10.6 Å². The second-order valence-corrected chi connectivity index (χ2v) is 8.00. The first-order valence-corrected chi connectivity index (χ1v) is 10.1. The lowest BCUT2D eigenvalue weighted by molar-refractivity contribution is -0.692. The van der Waals surface area contributed by atoms with Crippen molar-refractivity contribution in [1.29, 1.82) is 5.26 Å². The van der Waals surface area contributed by atoms with E-state index in [2.05, 4.69) is 61.7 Å². The number of quaternary nitrogens is 1. The topological polar surface area (TPSA) is 69.5 Å². The van der Waals surface area contributed by atoms with Gasteiger partial charge in [0.05, 0.1) is 6.07 Å². The number of carbonyl (C=O) groups is 1. The fourth-order valence-corrected chi connectivity index (χ4v) is 3.88. The maximum absolute atomic E-state index is 12.4. The molecule has 1 aliphatic rings. The number of nitrogens with zero attached hydrogens (tertiary/aromatic N) is 1. The normalized spacial score (nSPS) is 17.0. The number of carbonyl (C=O) groups excluding carboxylic acids is 1. The molecule has 0 heterocycles. The van der Waals surface area contributed by atoms with E-state index in [9.17, 15) is 10.1 Å². The Labute approximate surface area is 158 Å². The zero-order chi connectivity index (χ0) is 19.0. The van der Waals surface area contributed by atoms with Crippen molar-refractivity contribution >= 4 is 5.91 Å². The number of aryl methyl sites for hydroxylation is 1. The van der Waals surface area contributed by atoms with Crippen molar-refractivity contribution in [2.24, 2.45) is 5.92 Å². The van der Waals surface area contributed by atoms with Crippen LogP contribution in [0.4, 0.5) is 0 Å². The van der Waals surface area contributed by atoms with Crippen LogP contribution in [-0.2, 0) is 11.2 Å². The molecule has 1 saturated carbocycles. The second-order valence-electron chi connectivity index (χ2n) is 8.00. The Kier molecular flexibility index (Phi) is 7.66. The van der Waals surface area contributed by atoms with Gasteiger partial charge in [-0.15, -0.1) is 0 Å². The Balaban J connectivity index is 1.93. The highest BCUT2D eigenvalue weighted by molar-refractivity contribution is 5.78. The summed E-state index contributed by atoms with van der Waals surface area (Å²) < 4.78 is 0. The highest BCUT2D eigenvalue weighted by Gasteiger charge is 2.35. The Morgan fingerprint density at radius 2 is 1.92 bits per heavy atom. The Morgan fingerprint density at radius 1 is 1.27 bits per heavy atom. The van der Waals surface area contributed by atoms with E-state index in [0.29, 0.717) is 12.5 Å². The minimum atomic E-state index is -0.626. The molecule has 26 heavy (non-hydrogen) atoms. The van der Waals surface area contributed by atoms with Gasteiger partial charge in [0.15, 0.2) is 6.54 Å². The molecule has 1 aromatic rings. The van der Waals surface area contributed by atoms with Gasteiger partial charge >= 0.3 is 0 Å². The SMILES string of the molecule is CCCCc1ccc([C@H]([NH2+]CC(=O)NC2(C#N)CCCC2)C(C)C)cc1. The second kappa shape index (κ2) is 9.73. The minimum Gasteiger partial charge on any atom is -0.333 e. The molecule has 0 spiro atoms. The number of nitriles is 1. The van der Waals surface area contributed by atoms with Gasteiger partial charge in [0.1, 0.15) is 11.6 Å². The number of benzene rings is 1. The average Bonchev–Trinajstić information content (AvgIpc) is 3.09. The van der Waals surface area contributed by atoms with Gasteiger partial charge in [0, 0.05) is 11.5 Å². The molecule has 0 saturated heterocycles. The lowest BCUT2D eigenvalue weighted by atomic mass is 9.94. The molecular weight excluding hydrogens is 322 g/mol. The molecule has 1 atom stereocenters. The molecule has 1 fully saturated rings. The largest absolute Gasteiger partial charge is 0.333 e. The molecule has 0 bridgehead atoms. The molecule has 0 aromatic heterocycles. The predicted octanol–water partition coefficient (Wildman–Crippen LogP) is 3.24. The van der Waals surface area contributed by atoms with Crippen molar-refractivity contribution in [3.8, 4) is 6.07 Å². The van der Waals surface area contributed by atoms with E-state index in [-0.39, 0.29) is 11.9 Å². The van der Waals surface area contributed by atoms with Gasteiger partial charge in [-0.3, -0.25) is 4.79 Å². The average molecular weight is 357 g/mol. The third kappa shape index (κ3) is 5.57. The number of nitrogens with two attached hydrogens (primary N) is 1. The van der Waals surface area contributed by atoms with Gasteiger partial charge in [-0.05, 0) is 44.1 Å². The summed E-state index contributed by atoms with van der Waals surface area (Å²) in [4.78, 5) is 12.4. The van der Waals surface area contributed by atoms with E-state index in [1.54, 1.807) is 0 Å². The van der Waals surface area contributed by atoms with E-state index >= 15 is 0 Å². The van der Waals surface area contributed by atoms with Crippen LogP contribution in [0.1, 0.15) is 76.5 Å². The number of hydrogen-bond acceptors (Lipinski definition) is 2. The van der Waals surface area contributed by atoms with E-state index in [1.165, 1.54) is 24.0 Å². The summed E-state index contributed by atoms with van der Waals surface area (Å²) in [6.45, 7) is 6.96. The number of hydrogen-bond donors (Lipinski definition) is 2. The van der Waals surface area contributed by atoms with Crippen LogP contribution in [0, 0.1) is 17.2 Å². The Hall–Kier alpha value is -1.86. The Bertz CT molecular complexity index is 609. The van der Waals surface area contributed by atoms with Crippen LogP contribution < -0.4 is 10.6 Å². The van der Waals surface area contributed by atoms with Crippen LogP contribution in [0.25, 0.3) is 0 Å². The molecule has 4 nitrogen and oxygen atoms in total. The van der Waals surface area contributed by atoms with Gasteiger partial charge in [-0.25, -0.2) is 0 Å². The van der Waals surface area contributed by atoms with Crippen LogP contribution >= 0.6 is 0 Å². The fraction of sp³-hybridized carbons (Fsp3) is 0.636. The lowest BCUT2D eigenvalue weighted by Crippen LogP contribution is -2.88. The third-order valence-electron chi connectivity index (χ3n) is 5.51. The van der Waals surface area contributed by atoms with Crippen LogP contribution in [0.2, 0.25) is 0 Å². The Morgan fingerprint density at radius 3 is 2.46 bits per heavy atom. The number of nitrogens with one attached hydrogen (secondary N) is 1. The molecular formula is C22H34N3O+. The van der Waals surface area contributed by atoms with Crippen molar-refractivity contribution in [1.82, 2.24) is 5.32 Å². The van der Waals surface area contributed by atoms with Gasteiger partial charge in [-0.1, -0.05) is 51.5 Å². The molecule has 142 valence electrons. The summed E-state index contributed by atoms with van der Waals surface area (Å²) in [5.74, 6) is 0.402. The lowest BCUT2D eigenvalue weighted by Gasteiger charge is -2.23. The molecule has 0 unspecified atom stereocenters. The third-order valence-corrected chi connectivity index (χ3v) is 5.51. The van der Waals surface area contributed by atoms with E-state index in [0.717, 1.165) is 32.1 Å². The van der Waals surface area contributed by atoms with Crippen molar-refractivity contribution in [3.05, 3.63) is 35.4 Å². The molecule has 0 aliphatic heterocycles. The summed E-state index contributed by atoms with van der Waals surface area (Å²) in [7, 11) is 0. The van der Waals surface area contributed by atoms with Crippen LogP contribution in [0.3, 0.4) is 0 Å². The molecule has 1 aliphatic carbocycles. The highest BCUT2D eigenvalue weighted by atomic mass is 16.2. The van der Waals surface area contributed by atoms with Crippen LogP contribution in [-0.4, -0.2) is 18.0 Å². The minimum absolute atomic E-state index is 0.0290. The zero-order valence-electron chi connectivity index (χ0n) is 16.6. The van der Waals surface area contributed by atoms with Crippen molar-refractivity contribution < 1.29 is 10.1 Å². The number of unbranched alkanes of at least 4 members (excludes halogenated alkanes) is 1. The van der Waals surface area contributed by atoms with Gasteiger partial charge in [0.25, 0.3) is 5.91 Å². The molecule has 2 rings (SSSR count). The summed E-state index contributed by atoms with van der Waals surface area (Å²) in [6.07, 6.45) is 7.17.